The summed E-state index contributed by atoms with van der Waals surface area (Å²) < 4.78 is 0. The highest BCUT2D eigenvalue weighted by molar-refractivity contribution is 5.61. The second kappa shape index (κ2) is 4.00. The number of nitrogen functional groups attached to an aromatic ring is 1. The molecule has 0 fully saturated rings. The standard InChI is InChI=1S/C11H13N3O2/c1-6-2-8-9(10(3-6)13-15)4-7(12)5-11(8)14-16/h4-6,10H,2-3,12H2,1H3. The third kappa shape index (κ3) is 1.68. The molecule has 0 spiro atoms. The van der Waals surface area contributed by atoms with Crippen LogP contribution in [0.3, 0.4) is 0 Å². The number of hydrogen-bond acceptors (Lipinski definition) is 5. The van der Waals surface area contributed by atoms with E-state index in [-0.39, 0.29) is 0 Å². The van der Waals surface area contributed by atoms with Gasteiger partial charge in [-0.3, -0.25) is 0 Å². The molecule has 5 heteroatoms. The Balaban J connectivity index is 2.60. The van der Waals surface area contributed by atoms with Crippen molar-refractivity contribution in [2.24, 2.45) is 16.3 Å². The third-order valence-electron chi connectivity index (χ3n) is 3.05. The number of nitrogens with zero attached hydrogens (tertiary/aromatic N) is 2. The Morgan fingerprint density at radius 1 is 1.38 bits per heavy atom. The summed E-state index contributed by atoms with van der Waals surface area (Å²) >= 11 is 0. The Hall–Kier alpha value is -1.78. The summed E-state index contributed by atoms with van der Waals surface area (Å²) in [5.74, 6) is 0.333. The van der Waals surface area contributed by atoms with Crippen LogP contribution in [-0.2, 0) is 6.42 Å². The normalized spacial score (nSPS) is 23.6. The molecule has 5 nitrogen and oxygen atoms in total. The van der Waals surface area contributed by atoms with E-state index in [1.807, 2.05) is 6.92 Å². The molecule has 1 aromatic carbocycles. The fraction of sp³-hybridized carbons (Fsp3) is 0.455. The molecule has 2 unspecified atom stereocenters. The average molecular weight is 219 g/mol. The van der Waals surface area contributed by atoms with Crippen LogP contribution in [-0.4, -0.2) is 0 Å². The Morgan fingerprint density at radius 2 is 2.12 bits per heavy atom. The Morgan fingerprint density at radius 3 is 2.75 bits per heavy atom. The van der Waals surface area contributed by atoms with Crippen molar-refractivity contribution in [1.82, 2.24) is 0 Å². The van der Waals surface area contributed by atoms with Crippen molar-refractivity contribution in [2.45, 2.75) is 25.8 Å². The van der Waals surface area contributed by atoms with Gasteiger partial charge in [-0.05, 0) is 47.2 Å². The number of rotatable bonds is 2. The van der Waals surface area contributed by atoms with E-state index in [1.54, 1.807) is 12.1 Å². The van der Waals surface area contributed by atoms with Crippen LogP contribution >= 0.6 is 0 Å². The first-order chi connectivity index (χ1) is 7.65. The Kier molecular flexibility index (Phi) is 2.68. The molecule has 1 aliphatic carbocycles. The molecule has 2 rings (SSSR count). The van der Waals surface area contributed by atoms with Gasteiger partial charge in [0, 0.05) is 5.69 Å². The number of fused-ring (bicyclic) bond motifs is 1. The van der Waals surface area contributed by atoms with E-state index in [0.717, 1.165) is 17.5 Å². The zero-order chi connectivity index (χ0) is 11.7. The van der Waals surface area contributed by atoms with Gasteiger partial charge in [0.15, 0.2) is 0 Å². The van der Waals surface area contributed by atoms with Crippen molar-refractivity contribution < 1.29 is 0 Å². The zero-order valence-corrected chi connectivity index (χ0v) is 9.01. The lowest BCUT2D eigenvalue weighted by atomic mass is 9.81. The fourth-order valence-electron chi connectivity index (χ4n) is 2.34. The maximum Gasteiger partial charge on any atom is 0.118 e. The van der Waals surface area contributed by atoms with E-state index >= 15 is 0 Å². The molecule has 1 aromatic rings. The molecule has 2 N–H and O–H groups in total. The molecule has 0 amide bonds. The van der Waals surface area contributed by atoms with Crippen molar-refractivity contribution in [1.29, 1.82) is 0 Å². The molecule has 0 aliphatic heterocycles. The quantitative estimate of drug-likeness (QED) is 0.612. The van der Waals surface area contributed by atoms with Gasteiger partial charge in [0.25, 0.3) is 0 Å². The van der Waals surface area contributed by atoms with Gasteiger partial charge < -0.3 is 5.73 Å². The molecular formula is C11H13N3O2. The summed E-state index contributed by atoms with van der Waals surface area (Å²) in [5, 5.41) is 6.08. The van der Waals surface area contributed by atoms with Crippen molar-refractivity contribution in [3.05, 3.63) is 33.1 Å². The second-order valence-electron chi connectivity index (χ2n) is 4.37. The molecule has 0 saturated heterocycles. The predicted octanol–water partition coefficient (Wildman–Crippen LogP) is 3.06. The Bertz CT molecular complexity index is 445. The van der Waals surface area contributed by atoms with Crippen LogP contribution in [0.4, 0.5) is 11.4 Å². The van der Waals surface area contributed by atoms with Crippen LogP contribution in [0.15, 0.2) is 22.5 Å². The minimum absolute atomic E-state index is 0.333. The fourth-order valence-corrected chi connectivity index (χ4v) is 2.34. The van der Waals surface area contributed by atoms with Crippen molar-refractivity contribution in [3.63, 3.8) is 0 Å². The minimum Gasteiger partial charge on any atom is -0.399 e. The average Bonchev–Trinajstić information content (AvgIpc) is 2.27. The number of nitroso groups, excluding NO2 is 2. The third-order valence-corrected chi connectivity index (χ3v) is 3.05. The lowest BCUT2D eigenvalue weighted by Crippen LogP contribution is -2.15. The predicted molar refractivity (Wildman–Crippen MR) is 62.3 cm³/mol. The maximum atomic E-state index is 10.8. The van der Waals surface area contributed by atoms with Gasteiger partial charge in [-0.1, -0.05) is 12.1 Å². The zero-order valence-electron chi connectivity index (χ0n) is 9.01. The van der Waals surface area contributed by atoms with Crippen LogP contribution in [0, 0.1) is 15.7 Å². The molecule has 0 saturated carbocycles. The highest BCUT2D eigenvalue weighted by atomic mass is 16.3. The van der Waals surface area contributed by atoms with Gasteiger partial charge in [0.05, 0.1) is 0 Å². The molecule has 0 radical (unpaired) electrons. The SMILES string of the molecule is CC1Cc2c(N=O)cc(N)cc2C(N=O)C1. The molecule has 2 atom stereocenters. The molecule has 16 heavy (non-hydrogen) atoms. The smallest absolute Gasteiger partial charge is 0.118 e. The molecule has 0 aromatic heterocycles. The summed E-state index contributed by atoms with van der Waals surface area (Å²) in [7, 11) is 0. The number of hydrogen-bond donors (Lipinski definition) is 1. The monoisotopic (exact) mass is 219 g/mol. The van der Waals surface area contributed by atoms with Gasteiger partial charge in [-0.15, -0.1) is 4.91 Å². The number of benzene rings is 1. The van der Waals surface area contributed by atoms with Gasteiger partial charge in [0.1, 0.15) is 11.7 Å². The van der Waals surface area contributed by atoms with Gasteiger partial charge in [-0.2, -0.15) is 4.91 Å². The summed E-state index contributed by atoms with van der Waals surface area (Å²) in [6.45, 7) is 2.03. The first kappa shape index (κ1) is 10.7. The number of nitrogens with two attached hydrogens (primary N) is 1. The van der Waals surface area contributed by atoms with E-state index in [9.17, 15) is 9.81 Å². The van der Waals surface area contributed by atoms with E-state index < -0.39 is 6.04 Å². The van der Waals surface area contributed by atoms with Gasteiger partial charge in [-0.25, -0.2) is 0 Å². The summed E-state index contributed by atoms with van der Waals surface area (Å²) in [5.41, 5.74) is 8.06. The van der Waals surface area contributed by atoms with E-state index in [0.29, 0.717) is 23.7 Å². The topological polar surface area (TPSA) is 84.9 Å². The minimum atomic E-state index is -0.400. The van der Waals surface area contributed by atoms with E-state index in [4.69, 9.17) is 5.73 Å². The molecule has 0 bridgehead atoms. The lowest BCUT2D eigenvalue weighted by Gasteiger charge is -2.26. The lowest BCUT2D eigenvalue weighted by molar-refractivity contribution is 0.439. The highest BCUT2D eigenvalue weighted by Gasteiger charge is 2.28. The first-order valence-electron chi connectivity index (χ1n) is 5.23. The highest BCUT2D eigenvalue weighted by Crippen LogP contribution is 2.41. The second-order valence-corrected chi connectivity index (χ2v) is 4.37. The van der Waals surface area contributed by atoms with Crippen LogP contribution < -0.4 is 5.73 Å². The molecular weight excluding hydrogens is 206 g/mol. The van der Waals surface area contributed by atoms with Crippen LogP contribution in [0.5, 0.6) is 0 Å². The van der Waals surface area contributed by atoms with Crippen molar-refractivity contribution in [2.75, 3.05) is 5.73 Å². The number of anilines is 1. The van der Waals surface area contributed by atoms with Crippen LogP contribution in [0.25, 0.3) is 0 Å². The summed E-state index contributed by atoms with van der Waals surface area (Å²) in [4.78, 5) is 21.5. The van der Waals surface area contributed by atoms with Crippen molar-refractivity contribution >= 4 is 11.4 Å². The first-order valence-corrected chi connectivity index (χ1v) is 5.23. The maximum absolute atomic E-state index is 10.8. The Labute approximate surface area is 93.0 Å². The van der Waals surface area contributed by atoms with Crippen LogP contribution in [0.2, 0.25) is 0 Å². The molecule has 0 heterocycles. The summed E-state index contributed by atoms with van der Waals surface area (Å²) in [6, 6.07) is 2.87. The van der Waals surface area contributed by atoms with Gasteiger partial charge in [0.2, 0.25) is 0 Å². The molecule has 1 aliphatic rings. The molecule has 84 valence electrons. The van der Waals surface area contributed by atoms with Gasteiger partial charge >= 0.3 is 0 Å². The van der Waals surface area contributed by atoms with E-state index in [1.165, 1.54) is 0 Å². The van der Waals surface area contributed by atoms with Crippen LogP contribution in [0.1, 0.15) is 30.5 Å². The largest absolute Gasteiger partial charge is 0.399 e. The van der Waals surface area contributed by atoms with E-state index in [2.05, 4.69) is 10.4 Å². The van der Waals surface area contributed by atoms with Crippen molar-refractivity contribution in [3.8, 4) is 0 Å². The summed E-state index contributed by atoms with van der Waals surface area (Å²) in [6.07, 6.45) is 1.46.